The van der Waals surface area contributed by atoms with E-state index in [-0.39, 0.29) is 0 Å². The van der Waals surface area contributed by atoms with E-state index in [2.05, 4.69) is 49.3 Å². The van der Waals surface area contributed by atoms with E-state index in [1.165, 1.54) is 26.5 Å². The molecule has 0 aliphatic carbocycles. The third-order valence-corrected chi connectivity index (χ3v) is 5.30. The molecule has 1 aliphatic rings. The molecule has 0 spiro atoms. The van der Waals surface area contributed by atoms with Gasteiger partial charge in [0.1, 0.15) is 5.75 Å². The van der Waals surface area contributed by atoms with Crippen LogP contribution in [0.5, 0.6) is 5.75 Å². The Labute approximate surface area is 174 Å². The molecule has 0 fully saturated rings. The van der Waals surface area contributed by atoms with E-state index in [0.29, 0.717) is 5.02 Å². The molecule has 0 amide bonds. The third-order valence-electron chi connectivity index (χ3n) is 3.87. The second-order valence-electron chi connectivity index (χ2n) is 6.24. The largest absolute Gasteiger partial charge is 0.495 e. The maximum absolute atomic E-state index is 8.74. The highest BCUT2D eigenvalue weighted by Crippen LogP contribution is 2.48. The molecule has 28 heavy (non-hydrogen) atoms. The van der Waals surface area contributed by atoms with Crippen molar-refractivity contribution < 1.29 is 22.3 Å². The molecule has 2 aromatic carbocycles. The van der Waals surface area contributed by atoms with Gasteiger partial charge in [-0.15, -0.1) is 0 Å². The van der Waals surface area contributed by atoms with E-state index in [1.54, 1.807) is 18.9 Å². The first-order valence-electron chi connectivity index (χ1n) is 8.30. The molecule has 3 rings (SSSR count). The molecule has 1 aliphatic heterocycles. The number of nitrogens with zero attached hydrogens (tertiary/aromatic N) is 1. The van der Waals surface area contributed by atoms with E-state index in [1.807, 2.05) is 12.1 Å². The molecule has 2 N–H and O–H groups in total. The topological polar surface area (TPSA) is 87.1 Å². The maximum Gasteiger partial charge on any atom is 0.394 e. The van der Waals surface area contributed by atoms with Gasteiger partial charge in [-0.3, -0.25) is 9.11 Å². The van der Waals surface area contributed by atoms with Gasteiger partial charge in [0.15, 0.2) is 0 Å². The minimum Gasteiger partial charge on any atom is -0.495 e. The van der Waals surface area contributed by atoms with Crippen molar-refractivity contribution >= 4 is 39.3 Å². The van der Waals surface area contributed by atoms with Gasteiger partial charge in [-0.05, 0) is 55.4 Å². The molecule has 0 saturated carbocycles. The lowest BCUT2D eigenvalue weighted by atomic mass is 9.96. The summed E-state index contributed by atoms with van der Waals surface area (Å²) >= 11 is 8.14. The highest BCUT2D eigenvalue weighted by Gasteiger charge is 2.22. The number of benzene rings is 2. The molecule has 152 valence electrons. The van der Waals surface area contributed by atoms with Crippen LogP contribution in [0.1, 0.15) is 17.5 Å². The average molecular weight is 444 g/mol. The van der Waals surface area contributed by atoms with E-state index in [9.17, 15) is 0 Å². The summed E-state index contributed by atoms with van der Waals surface area (Å²) in [5.41, 5.74) is 3.74. The van der Waals surface area contributed by atoms with Crippen LogP contribution in [-0.4, -0.2) is 50.2 Å². The van der Waals surface area contributed by atoms with Crippen molar-refractivity contribution in [3.8, 4) is 5.75 Å². The van der Waals surface area contributed by atoms with Gasteiger partial charge < -0.3 is 9.64 Å². The maximum atomic E-state index is 8.74. The summed E-state index contributed by atoms with van der Waals surface area (Å²) in [5, 5.41) is 0.657. The molecule has 9 heteroatoms. The Kier molecular flexibility index (Phi) is 7.94. The van der Waals surface area contributed by atoms with Crippen LogP contribution in [0, 0.1) is 0 Å². The van der Waals surface area contributed by atoms with Crippen molar-refractivity contribution in [3.63, 3.8) is 0 Å². The number of methoxy groups -OCH3 is 1. The number of rotatable bonds is 4. The van der Waals surface area contributed by atoms with E-state index >= 15 is 0 Å². The van der Waals surface area contributed by atoms with Gasteiger partial charge in [0.05, 0.1) is 12.1 Å². The van der Waals surface area contributed by atoms with Gasteiger partial charge in [0, 0.05) is 16.3 Å². The van der Waals surface area contributed by atoms with Crippen molar-refractivity contribution in [1.82, 2.24) is 4.90 Å². The first-order valence-corrected chi connectivity index (χ1v) is 10.9. The summed E-state index contributed by atoms with van der Waals surface area (Å²) in [7, 11) is 1.18. The summed E-state index contributed by atoms with van der Waals surface area (Å²) in [6, 6.07) is 12.6. The number of ether oxygens (including phenoxy) is 1. The molecule has 1 heterocycles. The molecular weight excluding hydrogens is 422 g/mol. The molecule has 0 radical (unpaired) electrons. The molecule has 0 bridgehead atoms. The standard InChI is InChI=1S/C19H20ClNOS.H2O4S/c1-21(2)10-6-8-13-14-7-4-5-9-18(14)23-19-12-17(22-3)16(20)11-15(13)19;1-5(2,3)4/h4-5,7-9,11-12H,6,10H2,1-3H3;(H2,1,2,3,4). The van der Waals surface area contributed by atoms with Crippen LogP contribution in [0.3, 0.4) is 0 Å². The lowest BCUT2D eigenvalue weighted by Gasteiger charge is -2.23. The number of halogens is 1. The van der Waals surface area contributed by atoms with Crippen molar-refractivity contribution in [2.45, 2.75) is 16.2 Å². The van der Waals surface area contributed by atoms with Crippen LogP contribution in [0.4, 0.5) is 0 Å². The Morgan fingerprint density at radius 2 is 1.79 bits per heavy atom. The minimum atomic E-state index is -4.67. The van der Waals surface area contributed by atoms with Gasteiger partial charge >= 0.3 is 10.4 Å². The predicted molar refractivity (Wildman–Crippen MR) is 113 cm³/mol. The Balaban J connectivity index is 0.000000500. The van der Waals surface area contributed by atoms with Crippen LogP contribution in [0.15, 0.2) is 52.3 Å². The van der Waals surface area contributed by atoms with Gasteiger partial charge in [-0.2, -0.15) is 8.42 Å². The van der Waals surface area contributed by atoms with Crippen LogP contribution in [0.2, 0.25) is 5.02 Å². The summed E-state index contributed by atoms with van der Waals surface area (Å²) < 4.78 is 37.0. The van der Waals surface area contributed by atoms with Gasteiger partial charge in [0.2, 0.25) is 0 Å². The molecule has 6 nitrogen and oxygen atoms in total. The molecule has 0 atom stereocenters. The van der Waals surface area contributed by atoms with Gasteiger partial charge in [-0.25, -0.2) is 0 Å². The SMILES string of the molecule is COc1cc2c(cc1Cl)C(=CCCN(C)C)c1ccccc1S2.O=S(=O)(O)O. The predicted octanol–water partition coefficient (Wildman–Crippen LogP) is 4.54. The fraction of sp³-hybridized carbons (Fsp3) is 0.263. The van der Waals surface area contributed by atoms with Crippen molar-refractivity contribution in [2.75, 3.05) is 27.7 Å². The zero-order chi connectivity index (χ0) is 20.9. The Bertz CT molecular complexity index is 966. The lowest BCUT2D eigenvalue weighted by Crippen LogP contribution is -2.12. The van der Waals surface area contributed by atoms with E-state index < -0.39 is 10.4 Å². The molecule has 0 saturated heterocycles. The quantitative estimate of drug-likeness (QED) is 0.572. The fourth-order valence-electron chi connectivity index (χ4n) is 2.71. The van der Waals surface area contributed by atoms with Crippen LogP contribution in [-0.2, 0) is 10.4 Å². The van der Waals surface area contributed by atoms with Crippen LogP contribution < -0.4 is 4.74 Å². The zero-order valence-corrected chi connectivity index (χ0v) is 18.1. The highest BCUT2D eigenvalue weighted by molar-refractivity contribution is 7.99. The molecule has 0 aromatic heterocycles. The molecule has 0 unspecified atom stereocenters. The highest BCUT2D eigenvalue weighted by atomic mass is 35.5. The summed E-state index contributed by atoms with van der Waals surface area (Å²) in [5.74, 6) is 0.727. The van der Waals surface area contributed by atoms with Gasteiger partial charge in [0.25, 0.3) is 0 Å². The summed E-state index contributed by atoms with van der Waals surface area (Å²) in [6.07, 6.45) is 3.32. The minimum absolute atomic E-state index is 0.657. The number of hydrogen-bond donors (Lipinski definition) is 2. The second-order valence-corrected chi connectivity index (χ2v) is 8.63. The normalized spacial score (nSPS) is 14.2. The Hall–Kier alpha value is -1.55. The first-order chi connectivity index (χ1) is 13.1. The third kappa shape index (κ3) is 6.51. The molecular formula is C19H22ClNO5S2. The summed E-state index contributed by atoms with van der Waals surface area (Å²) in [6.45, 7) is 1.03. The summed E-state index contributed by atoms with van der Waals surface area (Å²) in [4.78, 5) is 4.67. The fourth-order valence-corrected chi connectivity index (χ4v) is 4.07. The van der Waals surface area contributed by atoms with Crippen molar-refractivity contribution in [3.05, 3.63) is 58.6 Å². The zero-order valence-electron chi connectivity index (χ0n) is 15.7. The number of hydrogen-bond acceptors (Lipinski definition) is 5. The smallest absolute Gasteiger partial charge is 0.394 e. The van der Waals surface area contributed by atoms with Gasteiger partial charge in [-0.1, -0.05) is 47.6 Å². The van der Waals surface area contributed by atoms with Crippen molar-refractivity contribution in [2.24, 2.45) is 0 Å². The lowest BCUT2D eigenvalue weighted by molar-refractivity contribution is 0.381. The van der Waals surface area contributed by atoms with Crippen LogP contribution in [0.25, 0.3) is 5.57 Å². The van der Waals surface area contributed by atoms with Crippen molar-refractivity contribution in [1.29, 1.82) is 0 Å². The van der Waals surface area contributed by atoms with E-state index in [0.717, 1.165) is 18.7 Å². The first kappa shape index (κ1) is 22.7. The van der Waals surface area contributed by atoms with E-state index in [4.69, 9.17) is 33.9 Å². The Morgan fingerprint density at radius 3 is 2.39 bits per heavy atom. The van der Waals surface area contributed by atoms with Crippen LogP contribution >= 0.6 is 23.4 Å². The Morgan fingerprint density at radius 1 is 1.14 bits per heavy atom. The second kappa shape index (κ2) is 9.78. The monoisotopic (exact) mass is 443 g/mol. The molecule has 2 aromatic rings. The average Bonchev–Trinajstić information content (AvgIpc) is 2.59. The number of fused-ring (bicyclic) bond motifs is 2.